The van der Waals surface area contributed by atoms with Crippen LogP contribution in [0.5, 0.6) is 0 Å². The van der Waals surface area contributed by atoms with Gasteiger partial charge in [-0.1, -0.05) is 24.3 Å². The number of hydrogen-bond acceptors (Lipinski definition) is 3. The third-order valence-electron chi connectivity index (χ3n) is 3.40. The zero-order valence-corrected chi connectivity index (χ0v) is 13.1. The Morgan fingerprint density at radius 1 is 1.00 bits per heavy atom. The Hall–Kier alpha value is -2.89. The van der Waals surface area contributed by atoms with E-state index in [0.29, 0.717) is 0 Å². The minimum atomic E-state index is -0.394. The summed E-state index contributed by atoms with van der Waals surface area (Å²) in [7, 11) is 0. The first-order chi connectivity index (χ1) is 11.0. The number of anilines is 1. The van der Waals surface area contributed by atoms with Gasteiger partial charge in [-0.05, 0) is 31.0 Å². The Morgan fingerprint density at radius 2 is 1.70 bits per heavy atom. The molecule has 0 unspecified atom stereocenters. The first-order valence-electron chi connectivity index (χ1n) is 7.25. The van der Waals surface area contributed by atoms with E-state index in [-0.39, 0.29) is 24.6 Å². The molecule has 6 nitrogen and oxygen atoms in total. The maximum atomic E-state index is 11.9. The van der Waals surface area contributed by atoms with E-state index in [1.54, 1.807) is 12.1 Å². The lowest BCUT2D eigenvalue weighted by atomic mass is 10.1. The van der Waals surface area contributed by atoms with Crippen molar-refractivity contribution in [2.45, 2.75) is 20.4 Å². The summed E-state index contributed by atoms with van der Waals surface area (Å²) >= 11 is 0. The van der Waals surface area contributed by atoms with Gasteiger partial charge in [-0.25, -0.2) is 0 Å². The highest BCUT2D eigenvalue weighted by Gasteiger charge is 2.09. The molecule has 6 heteroatoms. The predicted octanol–water partition coefficient (Wildman–Crippen LogP) is 1.22. The second-order valence-corrected chi connectivity index (χ2v) is 5.26. The quantitative estimate of drug-likeness (QED) is 0.871. The summed E-state index contributed by atoms with van der Waals surface area (Å²) in [5, 5.41) is 5.29. The summed E-state index contributed by atoms with van der Waals surface area (Å²) in [6.45, 7) is 3.55. The van der Waals surface area contributed by atoms with Crippen LogP contribution < -0.4 is 16.2 Å². The van der Waals surface area contributed by atoms with Gasteiger partial charge in [0.25, 0.3) is 5.56 Å². The number of hydrogen-bond donors (Lipinski definition) is 2. The zero-order chi connectivity index (χ0) is 16.8. The fourth-order valence-electron chi connectivity index (χ4n) is 2.18. The molecule has 0 bridgehead atoms. The third kappa shape index (κ3) is 4.54. The number of benzene rings is 1. The van der Waals surface area contributed by atoms with Crippen molar-refractivity contribution >= 4 is 17.5 Å². The monoisotopic (exact) mass is 313 g/mol. The maximum absolute atomic E-state index is 11.9. The fraction of sp³-hybridized carbons (Fsp3) is 0.235. The molecule has 2 amide bonds. The number of rotatable bonds is 5. The van der Waals surface area contributed by atoms with E-state index in [1.807, 2.05) is 32.0 Å². The van der Waals surface area contributed by atoms with Crippen molar-refractivity contribution in [1.82, 2.24) is 9.88 Å². The van der Waals surface area contributed by atoms with Crippen LogP contribution in [0.2, 0.25) is 0 Å². The second-order valence-electron chi connectivity index (χ2n) is 5.26. The molecule has 1 heterocycles. The molecule has 0 saturated carbocycles. The van der Waals surface area contributed by atoms with Gasteiger partial charge in [-0.3, -0.25) is 14.4 Å². The molecule has 0 spiro atoms. The summed E-state index contributed by atoms with van der Waals surface area (Å²) in [4.78, 5) is 35.3. The van der Waals surface area contributed by atoms with Crippen LogP contribution in [0.1, 0.15) is 11.1 Å². The molecule has 120 valence electrons. The van der Waals surface area contributed by atoms with Gasteiger partial charge in [0, 0.05) is 18.0 Å². The number of aryl methyl sites for hydroxylation is 2. The minimum absolute atomic E-state index is 0.115. The van der Waals surface area contributed by atoms with Crippen LogP contribution >= 0.6 is 0 Å². The largest absolute Gasteiger partial charge is 0.345 e. The van der Waals surface area contributed by atoms with Crippen LogP contribution in [-0.2, 0) is 16.1 Å². The van der Waals surface area contributed by atoms with Gasteiger partial charge in [-0.15, -0.1) is 0 Å². The van der Waals surface area contributed by atoms with Crippen LogP contribution in [0.15, 0.2) is 47.4 Å². The number of carbonyl (C=O) groups is 2. The van der Waals surface area contributed by atoms with Crippen molar-refractivity contribution < 1.29 is 9.59 Å². The second kappa shape index (κ2) is 7.40. The molecule has 0 radical (unpaired) electrons. The highest BCUT2D eigenvalue weighted by molar-refractivity contribution is 5.95. The van der Waals surface area contributed by atoms with E-state index in [1.165, 1.54) is 16.8 Å². The van der Waals surface area contributed by atoms with E-state index in [9.17, 15) is 14.4 Å². The number of amides is 2. The molecule has 0 fully saturated rings. The minimum Gasteiger partial charge on any atom is -0.345 e. The summed E-state index contributed by atoms with van der Waals surface area (Å²) < 4.78 is 1.28. The number of nitrogens with zero attached hydrogens (tertiary/aromatic N) is 1. The van der Waals surface area contributed by atoms with Crippen molar-refractivity contribution in [2.24, 2.45) is 0 Å². The van der Waals surface area contributed by atoms with Crippen LogP contribution in [0, 0.1) is 13.8 Å². The van der Waals surface area contributed by atoms with Crippen molar-refractivity contribution in [3.05, 3.63) is 64.1 Å². The van der Waals surface area contributed by atoms with E-state index in [4.69, 9.17) is 0 Å². The van der Waals surface area contributed by atoms with Crippen molar-refractivity contribution in [3.63, 3.8) is 0 Å². The number of carbonyl (C=O) groups excluding carboxylic acids is 2. The van der Waals surface area contributed by atoms with E-state index in [2.05, 4.69) is 10.6 Å². The third-order valence-corrected chi connectivity index (χ3v) is 3.40. The van der Waals surface area contributed by atoms with E-state index < -0.39 is 5.91 Å². The van der Waals surface area contributed by atoms with Gasteiger partial charge < -0.3 is 15.2 Å². The molecule has 0 saturated heterocycles. The molecule has 0 aliphatic carbocycles. The normalized spacial score (nSPS) is 10.2. The number of nitrogens with one attached hydrogen (secondary N) is 2. The van der Waals surface area contributed by atoms with Gasteiger partial charge in [0.1, 0.15) is 6.54 Å². The maximum Gasteiger partial charge on any atom is 0.250 e. The highest BCUT2D eigenvalue weighted by atomic mass is 16.2. The summed E-state index contributed by atoms with van der Waals surface area (Å²) in [5.41, 5.74) is 2.41. The van der Waals surface area contributed by atoms with Crippen LogP contribution in [0.25, 0.3) is 0 Å². The molecule has 0 aliphatic rings. The summed E-state index contributed by atoms with van der Waals surface area (Å²) in [6, 6.07) is 10.4. The SMILES string of the molecule is Cc1cccc(C)c1NC(=O)CNC(=O)Cn1ccccc1=O. The zero-order valence-electron chi connectivity index (χ0n) is 13.1. The Kier molecular flexibility index (Phi) is 5.30. The summed E-state index contributed by atoms with van der Waals surface area (Å²) in [6.07, 6.45) is 1.53. The molecule has 2 N–H and O–H groups in total. The molecule has 1 aromatic carbocycles. The first kappa shape index (κ1) is 16.5. The van der Waals surface area contributed by atoms with Gasteiger partial charge in [0.15, 0.2) is 0 Å². The smallest absolute Gasteiger partial charge is 0.250 e. The fourth-order valence-corrected chi connectivity index (χ4v) is 2.18. The van der Waals surface area contributed by atoms with Crippen molar-refractivity contribution in [2.75, 3.05) is 11.9 Å². The number of pyridine rings is 1. The molecular formula is C17H19N3O3. The Morgan fingerprint density at radius 3 is 2.35 bits per heavy atom. The highest BCUT2D eigenvalue weighted by Crippen LogP contribution is 2.18. The van der Waals surface area contributed by atoms with Gasteiger partial charge >= 0.3 is 0 Å². The summed E-state index contributed by atoms with van der Waals surface area (Å²) in [5.74, 6) is -0.703. The lowest BCUT2D eigenvalue weighted by Crippen LogP contribution is -2.36. The predicted molar refractivity (Wildman–Crippen MR) is 88.3 cm³/mol. The molecule has 2 rings (SSSR count). The Labute approximate surface area is 134 Å². The van der Waals surface area contributed by atoms with Gasteiger partial charge in [0.2, 0.25) is 11.8 Å². The Balaban J connectivity index is 1.88. The average Bonchev–Trinajstić information content (AvgIpc) is 2.51. The van der Waals surface area contributed by atoms with Gasteiger partial charge in [-0.2, -0.15) is 0 Å². The molecular weight excluding hydrogens is 294 g/mol. The van der Waals surface area contributed by atoms with E-state index >= 15 is 0 Å². The lowest BCUT2D eigenvalue weighted by Gasteiger charge is -2.12. The standard InChI is InChI=1S/C17H19N3O3/c1-12-6-5-7-13(2)17(12)19-14(21)10-18-15(22)11-20-9-4-3-8-16(20)23/h3-9H,10-11H2,1-2H3,(H,18,22)(H,19,21). The molecule has 2 aromatic rings. The first-order valence-corrected chi connectivity index (χ1v) is 7.25. The van der Waals surface area contributed by atoms with Crippen LogP contribution in [-0.4, -0.2) is 22.9 Å². The molecule has 0 aliphatic heterocycles. The van der Waals surface area contributed by atoms with Crippen molar-refractivity contribution in [1.29, 1.82) is 0 Å². The number of para-hydroxylation sites is 1. The number of aromatic nitrogens is 1. The molecule has 1 aromatic heterocycles. The van der Waals surface area contributed by atoms with E-state index in [0.717, 1.165) is 16.8 Å². The Bertz CT molecular complexity index is 760. The molecule has 0 atom stereocenters. The average molecular weight is 313 g/mol. The van der Waals surface area contributed by atoms with Crippen LogP contribution in [0.4, 0.5) is 5.69 Å². The molecule has 23 heavy (non-hydrogen) atoms. The van der Waals surface area contributed by atoms with Gasteiger partial charge in [0.05, 0.1) is 6.54 Å². The van der Waals surface area contributed by atoms with Crippen LogP contribution in [0.3, 0.4) is 0 Å². The lowest BCUT2D eigenvalue weighted by molar-refractivity contribution is -0.124. The van der Waals surface area contributed by atoms with Crippen molar-refractivity contribution in [3.8, 4) is 0 Å². The topological polar surface area (TPSA) is 80.2 Å².